The largest absolute Gasteiger partial charge is 0.443 e. The van der Waals surface area contributed by atoms with Crippen molar-refractivity contribution in [2.75, 3.05) is 6.54 Å². The third-order valence-corrected chi connectivity index (χ3v) is 4.80. The smallest absolute Gasteiger partial charge is 0.310 e. The standard InChI is InChI=1S/C15H15F3N2S/c1-2-19-12-6-4-9-7-10(3-5-11(9)12)13-8-20-14(21-13)15(16,17)18/h3,5,7-8,12,19H,2,4,6H2,1H3. The zero-order valence-electron chi connectivity index (χ0n) is 11.5. The molecule has 0 spiro atoms. The lowest BCUT2D eigenvalue weighted by atomic mass is 10.0. The molecule has 0 aliphatic heterocycles. The topological polar surface area (TPSA) is 24.9 Å². The fourth-order valence-corrected chi connectivity index (χ4v) is 3.55. The van der Waals surface area contributed by atoms with Gasteiger partial charge in [-0.05, 0) is 42.1 Å². The third kappa shape index (κ3) is 2.82. The van der Waals surface area contributed by atoms with Crippen molar-refractivity contribution >= 4 is 11.3 Å². The Morgan fingerprint density at radius 1 is 1.38 bits per heavy atom. The molecular formula is C15H15F3N2S. The van der Waals surface area contributed by atoms with Crippen LogP contribution in [0.5, 0.6) is 0 Å². The van der Waals surface area contributed by atoms with E-state index in [0.717, 1.165) is 24.9 Å². The van der Waals surface area contributed by atoms with Crippen LogP contribution in [0.2, 0.25) is 0 Å². The second kappa shape index (κ2) is 5.42. The number of thiazole rings is 1. The van der Waals surface area contributed by atoms with Crippen molar-refractivity contribution in [1.82, 2.24) is 10.3 Å². The lowest BCUT2D eigenvalue weighted by Gasteiger charge is -2.12. The van der Waals surface area contributed by atoms with E-state index >= 15 is 0 Å². The van der Waals surface area contributed by atoms with Crippen molar-refractivity contribution in [3.8, 4) is 10.4 Å². The molecule has 1 aliphatic carbocycles. The maximum absolute atomic E-state index is 12.6. The predicted molar refractivity (Wildman–Crippen MR) is 77.3 cm³/mol. The van der Waals surface area contributed by atoms with Crippen molar-refractivity contribution in [3.63, 3.8) is 0 Å². The Bertz CT molecular complexity index is 649. The van der Waals surface area contributed by atoms with Gasteiger partial charge in [-0.1, -0.05) is 19.1 Å². The van der Waals surface area contributed by atoms with E-state index in [1.807, 2.05) is 18.2 Å². The summed E-state index contributed by atoms with van der Waals surface area (Å²) in [6, 6.07) is 6.28. The van der Waals surface area contributed by atoms with E-state index in [-0.39, 0.29) is 0 Å². The van der Waals surface area contributed by atoms with Crippen LogP contribution in [0.25, 0.3) is 10.4 Å². The molecule has 1 aromatic carbocycles. The van der Waals surface area contributed by atoms with Crippen LogP contribution >= 0.6 is 11.3 Å². The number of alkyl halides is 3. The van der Waals surface area contributed by atoms with Crippen LogP contribution in [0.15, 0.2) is 24.4 Å². The SMILES string of the molecule is CCNC1CCc2cc(-c3cnc(C(F)(F)F)s3)ccc21. The Morgan fingerprint density at radius 2 is 2.19 bits per heavy atom. The molecule has 0 fully saturated rings. The molecule has 3 rings (SSSR count). The monoisotopic (exact) mass is 312 g/mol. The first-order chi connectivity index (χ1) is 9.99. The molecule has 0 saturated heterocycles. The molecule has 2 nitrogen and oxygen atoms in total. The summed E-state index contributed by atoms with van der Waals surface area (Å²) in [5, 5.41) is 2.64. The molecule has 0 saturated carbocycles. The summed E-state index contributed by atoms with van der Waals surface area (Å²) in [6.45, 7) is 2.98. The number of fused-ring (bicyclic) bond motifs is 1. The molecule has 2 aromatic rings. The van der Waals surface area contributed by atoms with Crippen LogP contribution in [0.4, 0.5) is 13.2 Å². The van der Waals surface area contributed by atoms with Gasteiger partial charge in [-0.3, -0.25) is 0 Å². The zero-order valence-corrected chi connectivity index (χ0v) is 12.3. The van der Waals surface area contributed by atoms with Gasteiger partial charge < -0.3 is 5.32 Å². The van der Waals surface area contributed by atoms with E-state index < -0.39 is 11.2 Å². The fraction of sp³-hybridized carbons (Fsp3) is 0.400. The fourth-order valence-electron chi connectivity index (χ4n) is 2.77. The molecule has 112 valence electrons. The van der Waals surface area contributed by atoms with Crippen molar-refractivity contribution in [2.24, 2.45) is 0 Å². The molecule has 1 N–H and O–H groups in total. The summed E-state index contributed by atoms with van der Waals surface area (Å²) in [5.41, 5.74) is 3.31. The van der Waals surface area contributed by atoms with Gasteiger partial charge in [0.2, 0.25) is 0 Å². The Hall–Kier alpha value is -1.40. The van der Waals surface area contributed by atoms with Crippen LogP contribution in [-0.2, 0) is 12.6 Å². The summed E-state index contributed by atoms with van der Waals surface area (Å²) in [7, 11) is 0. The molecule has 6 heteroatoms. The second-order valence-electron chi connectivity index (χ2n) is 5.09. The number of benzene rings is 1. The Balaban J connectivity index is 1.90. The van der Waals surface area contributed by atoms with E-state index in [4.69, 9.17) is 0 Å². The van der Waals surface area contributed by atoms with Crippen LogP contribution in [-0.4, -0.2) is 11.5 Å². The van der Waals surface area contributed by atoms with Gasteiger partial charge in [0, 0.05) is 12.2 Å². The van der Waals surface area contributed by atoms with Crippen LogP contribution in [0.1, 0.15) is 35.5 Å². The minimum absolute atomic E-state index is 0.367. The summed E-state index contributed by atoms with van der Waals surface area (Å²) < 4.78 is 37.8. The number of aromatic nitrogens is 1. The molecule has 1 unspecified atom stereocenters. The lowest BCUT2D eigenvalue weighted by molar-refractivity contribution is -0.137. The van der Waals surface area contributed by atoms with Gasteiger partial charge in [-0.25, -0.2) is 4.98 Å². The molecule has 1 atom stereocenters. The number of hydrogen-bond donors (Lipinski definition) is 1. The molecule has 0 radical (unpaired) electrons. The minimum atomic E-state index is -4.37. The third-order valence-electron chi connectivity index (χ3n) is 3.70. The first kappa shape index (κ1) is 14.5. The molecular weight excluding hydrogens is 297 g/mol. The highest BCUT2D eigenvalue weighted by molar-refractivity contribution is 7.15. The van der Waals surface area contributed by atoms with E-state index in [9.17, 15) is 13.2 Å². The molecule has 21 heavy (non-hydrogen) atoms. The molecule has 1 heterocycles. The lowest BCUT2D eigenvalue weighted by Crippen LogP contribution is -2.18. The Kier molecular flexibility index (Phi) is 3.75. The highest BCUT2D eigenvalue weighted by atomic mass is 32.1. The average Bonchev–Trinajstić information content (AvgIpc) is 3.05. The maximum atomic E-state index is 12.6. The molecule has 0 bridgehead atoms. The van der Waals surface area contributed by atoms with Crippen LogP contribution < -0.4 is 5.32 Å². The molecule has 0 amide bonds. The van der Waals surface area contributed by atoms with Crippen molar-refractivity contribution in [1.29, 1.82) is 0 Å². The van der Waals surface area contributed by atoms with E-state index in [2.05, 4.69) is 17.2 Å². The van der Waals surface area contributed by atoms with Gasteiger partial charge in [0.15, 0.2) is 5.01 Å². The predicted octanol–water partition coefficient (Wildman–Crippen LogP) is 4.43. The number of aryl methyl sites for hydroxylation is 1. The van der Waals surface area contributed by atoms with E-state index in [1.54, 1.807) is 0 Å². The molecule has 1 aromatic heterocycles. The number of nitrogens with zero attached hydrogens (tertiary/aromatic N) is 1. The highest BCUT2D eigenvalue weighted by Crippen LogP contribution is 2.38. The van der Waals surface area contributed by atoms with Crippen LogP contribution in [0, 0.1) is 0 Å². The first-order valence-corrected chi connectivity index (χ1v) is 7.70. The summed E-state index contributed by atoms with van der Waals surface area (Å²) in [6.07, 6.45) is -1.05. The van der Waals surface area contributed by atoms with Crippen molar-refractivity contribution < 1.29 is 13.2 Å². The van der Waals surface area contributed by atoms with Gasteiger partial charge in [0.25, 0.3) is 0 Å². The van der Waals surface area contributed by atoms with E-state index in [0.29, 0.717) is 22.3 Å². The maximum Gasteiger partial charge on any atom is 0.443 e. The second-order valence-corrected chi connectivity index (χ2v) is 6.12. The Labute approximate surface area is 125 Å². The summed E-state index contributed by atoms with van der Waals surface area (Å²) >= 11 is 0.698. The van der Waals surface area contributed by atoms with Gasteiger partial charge in [0.1, 0.15) is 0 Å². The van der Waals surface area contributed by atoms with Gasteiger partial charge in [0.05, 0.1) is 4.88 Å². The Morgan fingerprint density at radius 3 is 2.86 bits per heavy atom. The normalized spacial score (nSPS) is 18.0. The van der Waals surface area contributed by atoms with Crippen molar-refractivity contribution in [3.05, 3.63) is 40.5 Å². The number of nitrogens with one attached hydrogen (secondary N) is 1. The number of halogens is 3. The zero-order chi connectivity index (χ0) is 15.0. The van der Waals surface area contributed by atoms with Gasteiger partial charge in [-0.2, -0.15) is 13.2 Å². The minimum Gasteiger partial charge on any atom is -0.310 e. The first-order valence-electron chi connectivity index (χ1n) is 6.88. The van der Waals surface area contributed by atoms with Gasteiger partial charge in [-0.15, -0.1) is 11.3 Å². The van der Waals surface area contributed by atoms with E-state index in [1.165, 1.54) is 17.3 Å². The van der Waals surface area contributed by atoms with Crippen LogP contribution in [0.3, 0.4) is 0 Å². The molecule has 1 aliphatic rings. The quantitative estimate of drug-likeness (QED) is 0.907. The summed E-state index contributed by atoms with van der Waals surface area (Å²) in [5.74, 6) is 0. The average molecular weight is 312 g/mol. The highest BCUT2D eigenvalue weighted by Gasteiger charge is 2.34. The summed E-state index contributed by atoms with van der Waals surface area (Å²) in [4.78, 5) is 4.05. The number of hydrogen-bond acceptors (Lipinski definition) is 3. The van der Waals surface area contributed by atoms with Gasteiger partial charge >= 0.3 is 6.18 Å². The van der Waals surface area contributed by atoms with Crippen molar-refractivity contribution in [2.45, 2.75) is 32.0 Å². The number of rotatable bonds is 3.